The third kappa shape index (κ3) is 2.43. The molecule has 0 bridgehead atoms. The van der Waals surface area contributed by atoms with E-state index in [1.54, 1.807) is 0 Å². The lowest BCUT2D eigenvalue weighted by Crippen LogP contribution is -2.34. The van der Waals surface area contributed by atoms with Crippen LogP contribution in [0.3, 0.4) is 0 Å². The fourth-order valence-electron chi connectivity index (χ4n) is 2.00. The molecular weight excluding hydrogens is 262 g/mol. The average Bonchev–Trinajstić information content (AvgIpc) is 2.80. The minimum atomic E-state index is -1.18. The molecule has 0 aromatic carbocycles. The number of carbonyl (C=O) groups is 2. The number of carboxylic acids is 2. The number of hydrogen-bond acceptors (Lipinski definition) is 7. The van der Waals surface area contributed by atoms with Gasteiger partial charge in [0, 0.05) is 11.7 Å². The summed E-state index contributed by atoms with van der Waals surface area (Å²) in [5, 5.41) is 31.2. The molecule has 5 N–H and O–H groups in total. The van der Waals surface area contributed by atoms with Crippen LogP contribution in [0, 0.1) is 17.8 Å². The van der Waals surface area contributed by atoms with Crippen LogP contribution < -0.4 is 5.73 Å². The SMILES string of the molecule is NC(C(=O)O)C1C(CSc2nnn[nH]2)C1C(=O)O. The quantitative estimate of drug-likeness (QED) is 0.460. The molecule has 0 spiro atoms. The Bertz CT molecular complexity index is 452. The predicted molar refractivity (Wildman–Crippen MR) is 58.6 cm³/mol. The number of rotatable bonds is 6. The van der Waals surface area contributed by atoms with E-state index < -0.39 is 29.8 Å². The highest BCUT2D eigenvalue weighted by Crippen LogP contribution is 2.50. The summed E-state index contributed by atoms with van der Waals surface area (Å²) in [6.07, 6.45) is 0. The van der Waals surface area contributed by atoms with Gasteiger partial charge in [0.1, 0.15) is 6.04 Å². The van der Waals surface area contributed by atoms with Crippen LogP contribution in [0.4, 0.5) is 0 Å². The van der Waals surface area contributed by atoms with Gasteiger partial charge in [-0.3, -0.25) is 9.59 Å². The van der Waals surface area contributed by atoms with Gasteiger partial charge in [0.2, 0.25) is 5.16 Å². The molecule has 0 aliphatic heterocycles. The zero-order valence-electron chi connectivity index (χ0n) is 9.05. The zero-order valence-corrected chi connectivity index (χ0v) is 9.87. The van der Waals surface area contributed by atoms with Crippen molar-refractivity contribution in [2.24, 2.45) is 23.5 Å². The molecule has 9 nitrogen and oxygen atoms in total. The maximum Gasteiger partial charge on any atom is 0.320 e. The molecule has 0 amide bonds. The van der Waals surface area contributed by atoms with Crippen LogP contribution in [0.1, 0.15) is 0 Å². The molecule has 1 heterocycles. The Morgan fingerprint density at radius 2 is 2.22 bits per heavy atom. The summed E-state index contributed by atoms with van der Waals surface area (Å²) < 4.78 is 0. The molecule has 18 heavy (non-hydrogen) atoms. The van der Waals surface area contributed by atoms with Crippen molar-refractivity contribution in [3.63, 3.8) is 0 Å². The van der Waals surface area contributed by atoms with Crippen LogP contribution >= 0.6 is 11.8 Å². The molecule has 0 saturated heterocycles. The first-order chi connectivity index (χ1) is 8.52. The van der Waals surface area contributed by atoms with E-state index in [0.29, 0.717) is 10.9 Å². The minimum Gasteiger partial charge on any atom is -0.481 e. The molecule has 1 aliphatic rings. The lowest BCUT2D eigenvalue weighted by molar-refractivity contribution is -0.140. The number of thioether (sulfide) groups is 1. The van der Waals surface area contributed by atoms with Gasteiger partial charge in [0.25, 0.3) is 0 Å². The van der Waals surface area contributed by atoms with Crippen molar-refractivity contribution in [2.75, 3.05) is 5.75 Å². The van der Waals surface area contributed by atoms with Gasteiger partial charge in [-0.1, -0.05) is 11.8 Å². The standard InChI is InChI=1S/C8H11N5O4S/c9-5(7(16)17)3-2(4(3)6(14)15)1-18-8-10-12-13-11-8/h2-5H,1,9H2,(H,14,15)(H,16,17)(H,10,11,12,13). The topological polar surface area (TPSA) is 155 Å². The number of aromatic amines is 1. The van der Waals surface area contributed by atoms with Crippen molar-refractivity contribution in [1.82, 2.24) is 20.6 Å². The summed E-state index contributed by atoms with van der Waals surface area (Å²) in [7, 11) is 0. The highest BCUT2D eigenvalue weighted by molar-refractivity contribution is 7.99. The zero-order chi connectivity index (χ0) is 13.3. The molecule has 1 saturated carbocycles. The first-order valence-electron chi connectivity index (χ1n) is 5.10. The van der Waals surface area contributed by atoms with E-state index in [1.807, 2.05) is 0 Å². The third-order valence-electron chi connectivity index (χ3n) is 2.95. The van der Waals surface area contributed by atoms with Gasteiger partial charge < -0.3 is 15.9 Å². The normalized spacial score (nSPS) is 27.7. The van der Waals surface area contributed by atoms with Gasteiger partial charge in [0.15, 0.2) is 0 Å². The van der Waals surface area contributed by atoms with Gasteiger partial charge in [-0.25, -0.2) is 5.10 Å². The number of tetrazole rings is 1. The van der Waals surface area contributed by atoms with Crippen molar-refractivity contribution >= 4 is 23.7 Å². The second kappa shape index (κ2) is 4.90. The molecule has 98 valence electrons. The van der Waals surface area contributed by atoms with E-state index in [9.17, 15) is 9.59 Å². The fraction of sp³-hybridized carbons (Fsp3) is 0.625. The maximum absolute atomic E-state index is 11.0. The van der Waals surface area contributed by atoms with Gasteiger partial charge in [0.05, 0.1) is 5.92 Å². The summed E-state index contributed by atoms with van der Waals surface area (Å²) in [5.74, 6) is -3.30. The van der Waals surface area contributed by atoms with E-state index in [-0.39, 0.29) is 5.92 Å². The van der Waals surface area contributed by atoms with Crippen molar-refractivity contribution < 1.29 is 19.8 Å². The molecule has 10 heteroatoms. The first-order valence-corrected chi connectivity index (χ1v) is 6.08. The van der Waals surface area contributed by atoms with Crippen LogP contribution in [-0.4, -0.2) is 54.6 Å². The Labute approximate surface area is 105 Å². The van der Waals surface area contributed by atoms with Crippen molar-refractivity contribution in [1.29, 1.82) is 0 Å². The van der Waals surface area contributed by atoms with Gasteiger partial charge in [-0.15, -0.1) is 5.10 Å². The molecule has 4 unspecified atom stereocenters. The Kier molecular flexibility index (Phi) is 3.48. The number of aliphatic carboxylic acids is 2. The second-order valence-corrected chi connectivity index (χ2v) is 5.00. The molecule has 2 rings (SSSR count). The smallest absolute Gasteiger partial charge is 0.320 e. The van der Waals surface area contributed by atoms with Crippen molar-refractivity contribution in [3.05, 3.63) is 0 Å². The minimum absolute atomic E-state index is 0.274. The third-order valence-corrected chi connectivity index (χ3v) is 3.95. The maximum atomic E-state index is 11.0. The summed E-state index contributed by atoms with van der Waals surface area (Å²) in [6.45, 7) is 0. The van der Waals surface area contributed by atoms with Gasteiger partial charge in [-0.2, -0.15) is 0 Å². The predicted octanol–water partition coefficient (Wildman–Crippen LogP) is -1.35. The van der Waals surface area contributed by atoms with Crippen LogP contribution in [0.5, 0.6) is 0 Å². The van der Waals surface area contributed by atoms with Crippen LogP contribution in [0.25, 0.3) is 0 Å². The van der Waals surface area contributed by atoms with Crippen LogP contribution in [0.2, 0.25) is 0 Å². The van der Waals surface area contributed by atoms with Gasteiger partial charge >= 0.3 is 11.9 Å². The Hall–Kier alpha value is -1.68. The summed E-state index contributed by atoms with van der Waals surface area (Å²) >= 11 is 1.25. The molecule has 1 aromatic rings. The number of H-pyrrole nitrogens is 1. The molecular formula is C8H11N5O4S. The molecule has 1 aliphatic carbocycles. The summed E-state index contributed by atoms with van der Waals surface area (Å²) in [5.41, 5.74) is 5.47. The number of nitrogens with zero attached hydrogens (tertiary/aromatic N) is 3. The van der Waals surface area contributed by atoms with Crippen LogP contribution in [-0.2, 0) is 9.59 Å². The largest absolute Gasteiger partial charge is 0.481 e. The second-order valence-electron chi connectivity index (χ2n) is 3.99. The van der Waals surface area contributed by atoms with E-state index in [0.717, 1.165) is 0 Å². The Balaban J connectivity index is 1.95. The lowest BCUT2D eigenvalue weighted by atomic mass is 10.1. The molecule has 4 atom stereocenters. The monoisotopic (exact) mass is 273 g/mol. The van der Waals surface area contributed by atoms with Crippen molar-refractivity contribution in [3.8, 4) is 0 Å². The summed E-state index contributed by atoms with van der Waals surface area (Å²) in [6, 6.07) is -1.15. The first kappa shape index (κ1) is 12.8. The summed E-state index contributed by atoms with van der Waals surface area (Å²) in [4.78, 5) is 21.7. The van der Waals surface area contributed by atoms with E-state index in [4.69, 9.17) is 15.9 Å². The molecule has 0 radical (unpaired) electrons. The number of carboxylic acid groups (broad SMARTS) is 2. The highest BCUT2D eigenvalue weighted by atomic mass is 32.2. The molecule has 1 fully saturated rings. The Morgan fingerprint density at radius 3 is 2.72 bits per heavy atom. The van der Waals surface area contributed by atoms with Crippen LogP contribution in [0.15, 0.2) is 5.16 Å². The molecule has 1 aromatic heterocycles. The van der Waals surface area contributed by atoms with Gasteiger partial charge in [-0.05, 0) is 16.3 Å². The number of hydrogen-bond donors (Lipinski definition) is 4. The van der Waals surface area contributed by atoms with E-state index in [1.165, 1.54) is 11.8 Å². The number of nitrogens with two attached hydrogens (primary N) is 1. The fourth-order valence-corrected chi connectivity index (χ4v) is 2.98. The highest BCUT2D eigenvalue weighted by Gasteiger charge is 2.59. The number of nitrogens with one attached hydrogen (secondary N) is 1. The van der Waals surface area contributed by atoms with Crippen molar-refractivity contribution in [2.45, 2.75) is 11.2 Å². The van der Waals surface area contributed by atoms with E-state index in [2.05, 4.69) is 20.6 Å². The number of aromatic nitrogens is 4. The average molecular weight is 273 g/mol. The lowest BCUT2D eigenvalue weighted by Gasteiger charge is -2.03. The van der Waals surface area contributed by atoms with E-state index >= 15 is 0 Å². The Morgan fingerprint density at radius 1 is 1.50 bits per heavy atom.